The maximum atomic E-state index is 13.9. The zero-order valence-corrected chi connectivity index (χ0v) is 16.0. The molecule has 28 heavy (non-hydrogen) atoms. The largest absolute Gasteiger partial charge is 0.331 e. The number of hydrogen-bond acceptors (Lipinski definition) is 3. The number of halogens is 1. The highest BCUT2D eigenvalue weighted by molar-refractivity contribution is 7.17. The monoisotopic (exact) mass is 391 g/mol. The van der Waals surface area contributed by atoms with Crippen molar-refractivity contribution in [3.63, 3.8) is 0 Å². The summed E-state index contributed by atoms with van der Waals surface area (Å²) in [5.41, 5.74) is 2.35. The van der Waals surface area contributed by atoms with Crippen LogP contribution in [-0.2, 0) is 6.54 Å². The van der Waals surface area contributed by atoms with Crippen molar-refractivity contribution in [3.05, 3.63) is 95.1 Å². The Morgan fingerprint density at radius 1 is 1.11 bits per heavy atom. The first-order valence-corrected chi connectivity index (χ1v) is 9.64. The van der Waals surface area contributed by atoms with Gasteiger partial charge in [-0.3, -0.25) is 4.79 Å². The SMILES string of the molecule is Cc1nccn1Cc1ccc(NC(=O)c2ccc(-c3ccccc3F)s2)cc1. The minimum absolute atomic E-state index is 0.203. The van der Waals surface area contributed by atoms with Crippen molar-refractivity contribution < 1.29 is 9.18 Å². The first-order chi connectivity index (χ1) is 13.6. The molecule has 1 amide bonds. The second kappa shape index (κ2) is 7.78. The summed E-state index contributed by atoms with van der Waals surface area (Å²) in [5.74, 6) is 0.464. The van der Waals surface area contributed by atoms with Crippen molar-refractivity contribution in [3.8, 4) is 10.4 Å². The summed E-state index contributed by atoms with van der Waals surface area (Å²) in [6.07, 6.45) is 3.72. The van der Waals surface area contributed by atoms with Crippen LogP contribution < -0.4 is 5.32 Å². The molecular formula is C22H18FN3OS. The van der Waals surface area contributed by atoms with Gasteiger partial charge in [-0.05, 0) is 42.8 Å². The van der Waals surface area contributed by atoms with E-state index in [1.54, 1.807) is 36.5 Å². The molecule has 4 aromatic rings. The van der Waals surface area contributed by atoms with E-state index in [1.807, 2.05) is 37.4 Å². The van der Waals surface area contributed by atoms with Crippen LogP contribution in [0.15, 0.2) is 73.1 Å². The van der Waals surface area contributed by atoms with Gasteiger partial charge in [-0.2, -0.15) is 0 Å². The van der Waals surface area contributed by atoms with Gasteiger partial charge < -0.3 is 9.88 Å². The van der Waals surface area contributed by atoms with Crippen LogP contribution in [0.3, 0.4) is 0 Å². The van der Waals surface area contributed by atoms with Gasteiger partial charge in [0, 0.05) is 35.1 Å². The zero-order valence-electron chi connectivity index (χ0n) is 15.2. The summed E-state index contributed by atoms with van der Waals surface area (Å²) in [5, 5.41) is 2.89. The lowest BCUT2D eigenvalue weighted by Crippen LogP contribution is -2.10. The molecular weight excluding hydrogens is 373 g/mol. The summed E-state index contributed by atoms with van der Waals surface area (Å²) in [6.45, 7) is 2.70. The number of aryl methyl sites for hydroxylation is 1. The first-order valence-electron chi connectivity index (χ1n) is 8.83. The Balaban J connectivity index is 1.44. The fourth-order valence-electron chi connectivity index (χ4n) is 2.92. The number of aromatic nitrogens is 2. The molecule has 2 heterocycles. The highest BCUT2D eigenvalue weighted by Gasteiger charge is 2.12. The molecule has 0 aliphatic carbocycles. The number of thiophene rings is 1. The molecule has 0 radical (unpaired) electrons. The van der Waals surface area contributed by atoms with Gasteiger partial charge in [-0.1, -0.05) is 30.3 Å². The number of hydrogen-bond donors (Lipinski definition) is 1. The molecule has 6 heteroatoms. The van der Waals surface area contributed by atoms with Gasteiger partial charge in [0.1, 0.15) is 11.6 Å². The third-order valence-corrected chi connectivity index (χ3v) is 5.57. The molecule has 2 aromatic heterocycles. The molecule has 0 saturated heterocycles. The summed E-state index contributed by atoms with van der Waals surface area (Å²) in [4.78, 5) is 18.0. The lowest BCUT2D eigenvalue weighted by Gasteiger charge is -2.07. The number of nitrogens with one attached hydrogen (secondary N) is 1. The van der Waals surface area contributed by atoms with Gasteiger partial charge >= 0.3 is 0 Å². The van der Waals surface area contributed by atoms with E-state index in [0.29, 0.717) is 10.4 Å². The van der Waals surface area contributed by atoms with E-state index >= 15 is 0 Å². The van der Waals surface area contributed by atoms with Gasteiger partial charge in [0.15, 0.2) is 0 Å². The second-order valence-electron chi connectivity index (χ2n) is 6.40. The number of carbonyl (C=O) groups is 1. The molecule has 0 atom stereocenters. The number of benzene rings is 2. The molecule has 0 aliphatic rings. The Bertz CT molecular complexity index is 1110. The predicted molar refractivity (Wildman–Crippen MR) is 110 cm³/mol. The van der Waals surface area contributed by atoms with Crippen molar-refractivity contribution in [2.75, 3.05) is 5.32 Å². The number of imidazole rings is 1. The van der Waals surface area contributed by atoms with E-state index < -0.39 is 0 Å². The summed E-state index contributed by atoms with van der Waals surface area (Å²) >= 11 is 1.27. The van der Waals surface area contributed by atoms with Crippen LogP contribution in [0.5, 0.6) is 0 Å². The van der Waals surface area contributed by atoms with Gasteiger partial charge in [0.2, 0.25) is 0 Å². The van der Waals surface area contributed by atoms with Crippen LogP contribution in [0.1, 0.15) is 21.1 Å². The van der Waals surface area contributed by atoms with E-state index in [9.17, 15) is 9.18 Å². The lowest BCUT2D eigenvalue weighted by atomic mass is 10.2. The summed E-state index contributed by atoms with van der Waals surface area (Å²) in [7, 11) is 0. The van der Waals surface area contributed by atoms with Crippen LogP contribution >= 0.6 is 11.3 Å². The summed E-state index contributed by atoms with van der Waals surface area (Å²) < 4.78 is 16.0. The highest BCUT2D eigenvalue weighted by Crippen LogP contribution is 2.30. The van der Waals surface area contributed by atoms with Crippen LogP contribution in [0.25, 0.3) is 10.4 Å². The van der Waals surface area contributed by atoms with Gasteiger partial charge in [0.05, 0.1) is 4.88 Å². The lowest BCUT2D eigenvalue weighted by molar-refractivity contribution is 0.103. The zero-order chi connectivity index (χ0) is 19.5. The molecule has 2 aromatic carbocycles. The maximum Gasteiger partial charge on any atom is 0.265 e. The number of amides is 1. The minimum atomic E-state index is -0.292. The van der Waals surface area contributed by atoms with Gasteiger partial charge in [-0.25, -0.2) is 9.37 Å². The predicted octanol–water partition coefficient (Wildman–Crippen LogP) is 5.36. The van der Waals surface area contributed by atoms with Crippen LogP contribution in [-0.4, -0.2) is 15.5 Å². The molecule has 0 spiro atoms. The molecule has 0 aliphatic heterocycles. The normalized spacial score (nSPS) is 10.8. The second-order valence-corrected chi connectivity index (χ2v) is 7.48. The molecule has 4 nitrogen and oxygen atoms in total. The van der Waals surface area contributed by atoms with Gasteiger partial charge in [0.25, 0.3) is 5.91 Å². The van der Waals surface area contributed by atoms with Crippen LogP contribution in [0.4, 0.5) is 10.1 Å². The molecule has 4 rings (SSSR count). The molecule has 0 saturated carbocycles. The Morgan fingerprint density at radius 3 is 2.61 bits per heavy atom. The number of nitrogens with zero attached hydrogens (tertiary/aromatic N) is 2. The fraction of sp³-hybridized carbons (Fsp3) is 0.0909. The Hall–Kier alpha value is -3.25. The standard InChI is InChI=1S/C22H18FN3OS/c1-15-24-12-13-26(15)14-16-6-8-17(9-7-16)25-22(27)21-11-10-20(28-21)18-4-2-3-5-19(18)23/h2-13H,14H2,1H3,(H,25,27). The van der Waals surface area contributed by atoms with Crippen molar-refractivity contribution in [2.24, 2.45) is 0 Å². The average Bonchev–Trinajstić information content (AvgIpc) is 3.33. The maximum absolute atomic E-state index is 13.9. The van der Waals surface area contributed by atoms with E-state index in [0.717, 1.165) is 28.5 Å². The highest BCUT2D eigenvalue weighted by atomic mass is 32.1. The van der Waals surface area contributed by atoms with Crippen LogP contribution in [0, 0.1) is 12.7 Å². The topological polar surface area (TPSA) is 46.9 Å². The molecule has 0 bridgehead atoms. The average molecular weight is 391 g/mol. The molecule has 1 N–H and O–H groups in total. The van der Waals surface area contributed by atoms with Crippen molar-refractivity contribution in [1.29, 1.82) is 0 Å². The Morgan fingerprint density at radius 2 is 1.89 bits per heavy atom. The minimum Gasteiger partial charge on any atom is -0.331 e. The van der Waals surface area contributed by atoms with Crippen molar-refractivity contribution in [2.45, 2.75) is 13.5 Å². The van der Waals surface area contributed by atoms with E-state index in [2.05, 4.69) is 14.9 Å². The molecule has 0 fully saturated rings. The molecule has 0 unspecified atom stereocenters. The number of rotatable bonds is 5. The third kappa shape index (κ3) is 3.87. The van der Waals surface area contributed by atoms with E-state index in [1.165, 1.54) is 17.4 Å². The first kappa shape index (κ1) is 18.1. The fourth-order valence-corrected chi connectivity index (χ4v) is 3.85. The molecule has 140 valence electrons. The Kier molecular flexibility index (Phi) is 5.04. The number of carbonyl (C=O) groups excluding carboxylic acids is 1. The van der Waals surface area contributed by atoms with Gasteiger partial charge in [-0.15, -0.1) is 11.3 Å². The third-order valence-electron chi connectivity index (χ3n) is 4.46. The van der Waals surface area contributed by atoms with Crippen LogP contribution in [0.2, 0.25) is 0 Å². The van der Waals surface area contributed by atoms with Crippen molar-refractivity contribution >= 4 is 22.9 Å². The smallest absolute Gasteiger partial charge is 0.265 e. The number of anilines is 1. The van der Waals surface area contributed by atoms with E-state index in [4.69, 9.17) is 0 Å². The Labute approximate surface area is 166 Å². The van der Waals surface area contributed by atoms with E-state index in [-0.39, 0.29) is 11.7 Å². The summed E-state index contributed by atoms with van der Waals surface area (Å²) in [6, 6.07) is 17.8. The van der Waals surface area contributed by atoms with Crippen molar-refractivity contribution in [1.82, 2.24) is 9.55 Å². The quantitative estimate of drug-likeness (QED) is 0.498.